The predicted molar refractivity (Wildman–Crippen MR) is 109 cm³/mol. The van der Waals surface area contributed by atoms with Crippen LogP contribution < -0.4 is 5.32 Å². The van der Waals surface area contributed by atoms with Crippen molar-refractivity contribution in [2.24, 2.45) is 0 Å². The van der Waals surface area contributed by atoms with Gasteiger partial charge in [-0.15, -0.1) is 0 Å². The third-order valence-corrected chi connectivity index (χ3v) is 5.83. The largest absolute Gasteiger partial charge is 0.350 e. The molecule has 0 bridgehead atoms. The Balaban J connectivity index is 1.73. The normalized spacial score (nSPS) is 16.1. The van der Waals surface area contributed by atoms with Gasteiger partial charge in [0, 0.05) is 14.6 Å². The molecule has 0 saturated carbocycles. The van der Waals surface area contributed by atoms with Gasteiger partial charge in [0.2, 0.25) is 0 Å². The highest BCUT2D eigenvalue weighted by atomic mass is 127. The van der Waals surface area contributed by atoms with Gasteiger partial charge in [0.25, 0.3) is 5.91 Å². The van der Waals surface area contributed by atoms with Crippen LogP contribution in [-0.4, -0.2) is 30.4 Å². The Labute approximate surface area is 165 Å². The minimum Gasteiger partial charge on any atom is -0.350 e. The molecule has 1 aliphatic rings. The lowest BCUT2D eigenvalue weighted by molar-refractivity contribution is 0.0937. The summed E-state index contributed by atoms with van der Waals surface area (Å²) >= 11 is 5.65. The smallest absolute Gasteiger partial charge is 0.252 e. The molecule has 1 fully saturated rings. The molecule has 0 aliphatic carbocycles. The second kappa shape index (κ2) is 8.45. The predicted octanol–water partition coefficient (Wildman–Crippen LogP) is 4.62. The minimum atomic E-state index is -0.0131. The molecule has 1 atom stereocenters. The highest BCUT2D eigenvalue weighted by Crippen LogP contribution is 2.25. The molecule has 5 heteroatoms. The SMILES string of the molecule is O=C(NCC(c1ccccc1)N1CCCC1)c1cc(Br)ccc1I. The van der Waals surface area contributed by atoms with E-state index >= 15 is 0 Å². The second-order valence-electron chi connectivity index (χ2n) is 6.00. The molecule has 3 rings (SSSR count). The highest BCUT2D eigenvalue weighted by molar-refractivity contribution is 14.1. The summed E-state index contributed by atoms with van der Waals surface area (Å²) in [6.45, 7) is 2.83. The molecule has 2 aromatic rings. The van der Waals surface area contributed by atoms with Crippen molar-refractivity contribution in [2.45, 2.75) is 18.9 Å². The van der Waals surface area contributed by atoms with Crippen LogP contribution in [0.1, 0.15) is 34.8 Å². The zero-order valence-electron chi connectivity index (χ0n) is 13.3. The summed E-state index contributed by atoms with van der Waals surface area (Å²) in [7, 11) is 0. The topological polar surface area (TPSA) is 32.3 Å². The Morgan fingerprint density at radius 1 is 1.17 bits per heavy atom. The third kappa shape index (κ3) is 4.37. The summed E-state index contributed by atoms with van der Waals surface area (Å²) in [5, 5.41) is 3.14. The molecule has 1 saturated heterocycles. The number of amides is 1. The van der Waals surface area contributed by atoms with Crippen LogP contribution in [-0.2, 0) is 0 Å². The Morgan fingerprint density at radius 3 is 2.58 bits per heavy atom. The van der Waals surface area contributed by atoms with Gasteiger partial charge in [0.1, 0.15) is 0 Å². The van der Waals surface area contributed by atoms with Crippen molar-refractivity contribution < 1.29 is 4.79 Å². The van der Waals surface area contributed by atoms with Crippen LogP contribution in [0, 0.1) is 3.57 Å². The first-order valence-electron chi connectivity index (χ1n) is 8.17. The van der Waals surface area contributed by atoms with E-state index in [4.69, 9.17) is 0 Å². The second-order valence-corrected chi connectivity index (χ2v) is 8.08. The van der Waals surface area contributed by atoms with Crippen LogP contribution >= 0.6 is 38.5 Å². The maximum absolute atomic E-state index is 12.6. The van der Waals surface area contributed by atoms with Crippen molar-refractivity contribution in [3.63, 3.8) is 0 Å². The van der Waals surface area contributed by atoms with E-state index in [1.165, 1.54) is 18.4 Å². The van der Waals surface area contributed by atoms with Crippen LogP contribution in [0.4, 0.5) is 0 Å². The Kier molecular flexibility index (Phi) is 6.30. The zero-order chi connectivity index (χ0) is 16.9. The zero-order valence-corrected chi connectivity index (χ0v) is 17.1. The fraction of sp³-hybridized carbons (Fsp3) is 0.316. The van der Waals surface area contributed by atoms with Gasteiger partial charge in [-0.25, -0.2) is 0 Å². The van der Waals surface area contributed by atoms with Gasteiger partial charge in [-0.3, -0.25) is 9.69 Å². The Morgan fingerprint density at radius 2 is 1.88 bits per heavy atom. The average Bonchev–Trinajstić information content (AvgIpc) is 3.12. The van der Waals surface area contributed by atoms with Gasteiger partial charge in [0.05, 0.1) is 11.6 Å². The number of rotatable bonds is 5. The standard InChI is InChI=1S/C19H20BrIN2O/c20-15-8-9-17(21)16(12-15)19(24)22-13-18(23-10-4-5-11-23)14-6-2-1-3-7-14/h1-3,6-9,12,18H,4-5,10-11,13H2,(H,22,24). The summed E-state index contributed by atoms with van der Waals surface area (Å²) in [6, 6.07) is 16.5. The van der Waals surface area contributed by atoms with E-state index in [0.717, 1.165) is 26.7 Å². The van der Waals surface area contributed by atoms with Gasteiger partial charge >= 0.3 is 0 Å². The minimum absolute atomic E-state index is 0.0131. The first kappa shape index (κ1) is 17.9. The van der Waals surface area contributed by atoms with Crippen molar-refractivity contribution in [1.29, 1.82) is 0 Å². The van der Waals surface area contributed by atoms with Gasteiger partial charge in [-0.05, 0) is 72.3 Å². The summed E-state index contributed by atoms with van der Waals surface area (Å²) in [5.74, 6) is -0.0131. The highest BCUT2D eigenvalue weighted by Gasteiger charge is 2.24. The number of nitrogens with one attached hydrogen (secondary N) is 1. The fourth-order valence-electron chi connectivity index (χ4n) is 3.14. The van der Waals surface area contributed by atoms with E-state index < -0.39 is 0 Å². The number of hydrogen-bond acceptors (Lipinski definition) is 2. The van der Waals surface area contributed by atoms with E-state index in [-0.39, 0.29) is 11.9 Å². The lowest BCUT2D eigenvalue weighted by atomic mass is 10.1. The van der Waals surface area contributed by atoms with Gasteiger partial charge < -0.3 is 5.32 Å². The van der Waals surface area contributed by atoms with Gasteiger partial charge in [0.15, 0.2) is 0 Å². The number of carbonyl (C=O) groups excluding carboxylic acids is 1. The number of benzene rings is 2. The summed E-state index contributed by atoms with van der Waals surface area (Å²) in [4.78, 5) is 15.1. The molecule has 3 nitrogen and oxygen atoms in total. The van der Waals surface area contributed by atoms with Crippen LogP contribution in [0.3, 0.4) is 0 Å². The van der Waals surface area contributed by atoms with Crippen LogP contribution in [0.2, 0.25) is 0 Å². The van der Waals surface area contributed by atoms with Gasteiger partial charge in [-0.2, -0.15) is 0 Å². The maximum atomic E-state index is 12.6. The van der Waals surface area contributed by atoms with Crippen LogP contribution in [0.25, 0.3) is 0 Å². The molecule has 24 heavy (non-hydrogen) atoms. The molecule has 0 aromatic heterocycles. The Hall–Kier alpha value is -0.920. The monoisotopic (exact) mass is 498 g/mol. The summed E-state index contributed by atoms with van der Waals surface area (Å²) < 4.78 is 1.89. The molecule has 1 N–H and O–H groups in total. The quantitative estimate of drug-likeness (QED) is 0.610. The maximum Gasteiger partial charge on any atom is 0.252 e. The molecule has 1 heterocycles. The van der Waals surface area contributed by atoms with E-state index in [9.17, 15) is 4.79 Å². The molecule has 0 radical (unpaired) electrons. The molecule has 126 valence electrons. The first-order valence-corrected chi connectivity index (χ1v) is 10.0. The van der Waals surface area contributed by atoms with Crippen molar-refractivity contribution in [3.8, 4) is 0 Å². The number of likely N-dealkylation sites (tertiary alicyclic amines) is 1. The van der Waals surface area contributed by atoms with Crippen molar-refractivity contribution in [1.82, 2.24) is 10.2 Å². The molecule has 1 unspecified atom stereocenters. The van der Waals surface area contributed by atoms with E-state index in [2.05, 4.69) is 73.0 Å². The molecule has 1 amide bonds. The number of nitrogens with zero attached hydrogens (tertiary/aromatic N) is 1. The third-order valence-electron chi connectivity index (χ3n) is 4.39. The fourth-order valence-corrected chi connectivity index (χ4v) is 4.08. The first-order chi connectivity index (χ1) is 11.6. The van der Waals surface area contributed by atoms with E-state index in [1.807, 2.05) is 24.3 Å². The van der Waals surface area contributed by atoms with E-state index in [0.29, 0.717) is 6.54 Å². The lowest BCUT2D eigenvalue weighted by Crippen LogP contribution is -2.37. The molecule has 2 aromatic carbocycles. The van der Waals surface area contributed by atoms with Gasteiger partial charge in [-0.1, -0.05) is 46.3 Å². The summed E-state index contributed by atoms with van der Waals surface area (Å²) in [5.41, 5.74) is 1.99. The van der Waals surface area contributed by atoms with Crippen LogP contribution in [0.5, 0.6) is 0 Å². The molecule has 1 aliphatic heterocycles. The molecular formula is C19H20BrIN2O. The molecular weight excluding hydrogens is 479 g/mol. The van der Waals surface area contributed by atoms with E-state index in [1.54, 1.807) is 0 Å². The van der Waals surface area contributed by atoms with Crippen molar-refractivity contribution in [2.75, 3.05) is 19.6 Å². The number of halogens is 2. The average molecular weight is 499 g/mol. The number of hydrogen-bond donors (Lipinski definition) is 1. The number of carbonyl (C=O) groups is 1. The molecule has 0 spiro atoms. The van der Waals surface area contributed by atoms with Crippen molar-refractivity contribution in [3.05, 3.63) is 67.7 Å². The lowest BCUT2D eigenvalue weighted by Gasteiger charge is -2.28. The summed E-state index contributed by atoms with van der Waals surface area (Å²) in [6.07, 6.45) is 2.47. The van der Waals surface area contributed by atoms with Crippen molar-refractivity contribution >= 4 is 44.4 Å². The Bertz CT molecular complexity index is 702. The van der Waals surface area contributed by atoms with Crippen LogP contribution in [0.15, 0.2) is 53.0 Å².